The number of aromatic carboxylic acids is 1. The summed E-state index contributed by atoms with van der Waals surface area (Å²) >= 11 is 0. The lowest BCUT2D eigenvalue weighted by Gasteiger charge is -1.99. The molecular formula is C36H44O9. The third-order valence-electron chi connectivity index (χ3n) is 4.53. The van der Waals surface area contributed by atoms with Crippen LogP contribution in [0, 0.1) is 0 Å². The number of esters is 2. The van der Waals surface area contributed by atoms with Crippen molar-refractivity contribution in [3.63, 3.8) is 0 Å². The summed E-state index contributed by atoms with van der Waals surface area (Å²) in [4.78, 5) is 41.0. The van der Waals surface area contributed by atoms with Crippen molar-refractivity contribution in [1.29, 1.82) is 0 Å². The minimum absolute atomic E-state index is 0.242. The van der Waals surface area contributed by atoms with Crippen LogP contribution in [0.25, 0.3) is 0 Å². The molecule has 0 saturated carbocycles. The SMILES string of the molecule is CC(=O)OCc1ccccc1.CC(=O)OCc1ccccc1.CCO.CCO.O=C(O)c1ccccc1.O=Cc1ccccc1. The van der Waals surface area contributed by atoms with E-state index < -0.39 is 5.97 Å². The second-order valence-electron chi connectivity index (χ2n) is 8.36. The Morgan fingerprint density at radius 1 is 0.578 bits per heavy atom. The van der Waals surface area contributed by atoms with Crippen LogP contribution in [0.5, 0.6) is 0 Å². The molecule has 0 spiro atoms. The third-order valence-corrected chi connectivity index (χ3v) is 4.53. The number of rotatable bonds is 6. The Balaban J connectivity index is 0. The van der Waals surface area contributed by atoms with Crippen LogP contribution in [0.1, 0.15) is 59.5 Å². The maximum atomic E-state index is 10.4. The number of carbonyl (C=O) groups is 4. The van der Waals surface area contributed by atoms with Crippen molar-refractivity contribution in [3.8, 4) is 0 Å². The van der Waals surface area contributed by atoms with Gasteiger partial charge in [0.15, 0.2) is 0 Å². The van der Waals surface area contributed by atoms with Crippen molar-refractivity contribution < 1.29 is 44.0 Å². The van der Waals surface area contributed by atoms with E-state index in [1.807, 2.05) is 78.9 Å². The van der Waals surface area contributed by atoms with Gasteiger partial charge in [0.2, 0.25) is 0 Å². The lowest BCUT2D eigenvalue weighted by Crippen LogP contribution is -1.97. The number of carboxylic acid groups (broad SMARTS) is 1. The molecular weight excluding hydrogens is 576 g/mol. The molecule has 0 aliphatic heterocycles. The van der Waals surface area contributed by atoms with Gasteiger partial charge >= 0.3 is 17.9 Å². The first-order valence-electron chi connectivity index (χ1n) is 14.0. The highest BCUT2D eigenvalue weighted by Crippen LogP contribution is 2.01. The van der Waals surface area contributed by atoms with Gasteiger partial charge in [-0.05, 0) is 37.1 Å². The number of aldehydes is 1. The molecule has 0 unspecified atom stereocenters. The molecule has 45 heavy (non-hydrogen) atoms. The number of benzene rings is 4. The molecule has 0 amide bonds. The van der Waals surface area contributed by atoms with Gasteiger partial charge in [-0.25, -0.2) is 4.79 Å². The Morgan fingerprint density at radius 3 is 1.09 bits per heavy atom. The molecule has 9 heteroatoms. The van der Waals surface area contributed by atoms with Gasteiger partial charge in [0, 0.05) is 32.6 Å². The second-order valence-corrected chi connectivity index (χ2v) is 8.36. The standard InChI is InChI=1S/2C9H10O2.C7H6O2.C7H6O.2C2H6O/c2*1-8(10)11-7-9-5-3-2-4-6-9;8-7(9)6-4-2-1-3-5-6;8-6-7-4-2-1-3-5-7;2*1-2-3/h2*2-6H,7H2,1H3;1-5H,(H,8,9);1-6H;2*3H,2H2,1H3. The van der Waals surface area contributed by atoms with E-state index in [1.165, 1.54) is 13.8 Å². The topological polar surface area (TPSA) is 147 Å². The minimum Gasteiger partial charge on any atom is -0.478 e. The van der Waals surface area contributed by atoms with Crippen molar-refractivity contribution in [3.05, 3.63) is 144 Å². The zero-order valence-corrected chi connectivity index (χ0v) is 26.2. The van der Waals surface area contributed by atoms with E-state index in [4.69, 9.17) is 24.8 Å². The Bertz CT molecular complexity index is 1210. The van der Waals surface area contributed by atoms with E-state index in [-0.39, 0.29) is 25.2 Å². The van der Waals surface area contributed by atoms with E-state index in [2.05, 4.69) is 0 Å². The first-order chi connectivity index (χ1) is 21.6. The summed E-state index contributed by atoms with van der Waals surface area (Å²) < 4.78 is 9.58. The number of carbonyl (C=O) groups excluding carboxylic acids is 3. The molecule has 0 atom stereocenters. The van der Waals surface area contributed by atoms with Gasteiger partial charge in [0.05, 0.1) is 5.56 Å². The molecule has 0 radical (unpaired) electrons. The fourth-order valence-corrected chi connectivity index (χ4v) is 2.63. The van der Waals surface area contributed by atoms with E-state index in [0.717, 1.165) is 23.0 Å². The van der Waals surface area contributed by atoms with Crippen LogP contribution in [0.15, 0.2) is 121 Å². The summed E-state index contributed by atoms with van der Waals surface area (Å²) in [5.74, 6) is -1.36. The summed E-state index contributed by atoms with van der Waals surface area (Å²) in [5, 5.41) is 23.5. The molecule has 9 nitrogen and oxygen atoms in total. The number of aliphatic hydroxyl groups excluding tert-OH is 2. The van der Waals surface area contributed by atoms with Gasteiger partial charge in [0.1, 0.15) is 19.5 Å². The highest BCUT2D eigenvalue weighted by molar-refractivity contribution is 5.87. The summed E-state index contributed by atoms with van der Waals surface area (Å²) in [5.41, 5.74) is 3.09. The van der Waals surface area contributed by atoms with Crippen LogP contribution in [0.4, 0.5) is 0 Å². The normalized spacial score (nSPS) is 8.58. The molecule has 4 aromatic carbocycles. The fourth-order valence-electron chi connectivity index (χ4n) is 2.63. The fraction of sp³-hybridized carbons (Fsp3) is 0.222. The predicted octanol–water partition coefficient (Wildman–Crippen LogP) is 6.38. The van der Waals surface area contributed by atoms with Crippen LogP contribution in [-0.4, -0.2) is 52.7 Å². The molecule has 0 aliphatic rings. The second kappa shape index (κ2) is 30.3. The Labute approximate surface area is 265 Å². The monoisotopic (exact) mass is 620 g/mol. The molecule has 4 rings (SSSR count). The van der Waals surface area contributed by atoms with Crippen molar-refractivity contribution >= 4 is 24.2 Å². The van der Waals surface area contributed by atoms with Crippen molar-refractivity contribution in [2.24, 2.45) is 0 Å². The average molecular weight is 621 g/mol. The molecule has 0 bridgehead atoms. The molecule has 4 aromatic rings. The maximum absolute atomic E-state index is 10.4. The third kappa shape index (κ3) is 28.8. The zero-order chi connectivity index (χ0) is 34.1. The van der Waals surface area contributed by atoms with E-state index in [1.54, 1.807) is 56.3 Å². The maximum Gasteiger partial charge on any atom is 0.335 e. The molecule has 0 saturated heterocycles. The molecule has 0 fully saturated rings. The number of hydrogen-bond acceptors (Lipinski definition) is 8. The van der Waals surface area contributed by atoms with Crippen LogP contribution in [0.3, 0.4) is 0 Å². The summed E-state index contributed by atoms with van der Waals surface area (Å²) in [6.07, 6.45) is 0.833. The first kappa shape index (κ1) is 42.0. The zero-order valence-electron chi connectivity index (χ0n) is 26.2. The van der Waals surface area contributed by atoms with Gasteiger partial charge in [-0.1, -0.05) is 109 Å². The van der Waals surface area contributed by atoms with Gasteiger partial charge in [0.25, 0.3) is 0 Å². The molecule has 0 aromatic heterocycles. The lowest BCUT2D eigenvalue weighted by atomic mass is 10.2. The molecule has 242 valence electrons. The van der Waals surface area contributed by atoms with Gasteiger partial charge in [-0.3, -0.25) is 14.4 Å². The van der Waals surface area contributed by atoms with Crippen LogP contribution in [-0.2, 0) is 32.3 Å². The van der Waals surface area contributed by atoms with Crippen molar-refractivity contribution in [2.45, 2.75) is 40.9 Å². The Hall–Kier alpha value is -5.12. The highest BCUT2D eigenvalue weighted by atomic mass is 16.5. The highest BCUT2D eigenvalue weighted by Gasteiger charge is 1.97. The number of carboxylic acids is 1. The Morgan fingerprint density at radius 2 is 0.867 bits per heavy atom. The van der Waals surface area contributed by atoms with E-state index >= 15 is 0 Å². The first-order valence-corrected chi connectivity index (χ1v) is 14.0. The number of ether oxygens (including phenoxy) is 2. The predicted molar refractivity (Wildman–Crippen MR) is 175 cm³/mol. The van der Waals surface area contributed by atoms with Crippen LogP contribution in [0.2, 0.25) is 0 Å². The van der Waals surface area contributed by atoms with E-state index in [9.17, 15) is 19.2 Å². The quantitative estimate of drug-likeness (QED) is 0.165. The van der Waals surface area contributed by atoms with Gasteiger partial charge in [-0.2, -0.15) is 0 Å². The average Bonchev–Trinajstić information content (AvgIpc) is 3.06. The molecule has 3 N–H and O–H groups in total. The largest absolute Gasteiger partial charge is 0.478 e. The Kier molecular flexibility index (Phi) is 28.3. The lowest BCUT2D eigenvalue weighted by molar-refractivity contribution is -0.143. The van der Waals surface area contributed by atoms with Crippen molar-refractivity contribution in [1.82, 2.24) is 0 Å². The van der Waals surface area contributed by atoms with Crippen LogP contribution < -0.4 is 0 Å². The van der Waals surface area contributed by atoms with Gasteiger partial charge in [-0.15, -0.1) is 0 Å². The van der Waals surface area contributed by atoms with E-state index in [0.29, 0.717) is 18.8 Å². The molecule has 0 heterocycles. The molecule has 0 aliphatic carbocycles. The number of hydrogen-bond donors (Lipinski definition) is 3. The number of aliphatic hydroxyl groups is 2. The summed E-state index contributed by atoms with van der Waals surface area (Å²) in [7, 11) is 0. The van der Waals surface area contributed by atoms with Crippen molar-refractivity contribution in [2.75, 3.05) is 13.2 Å². The van der Waals surface area contributed by atoms with Crippen LogP contribution >= 0.6 is 0 Å². The summed E-state index contributed by atoms with van der Waals surface area (Å²) in [6, 6.07) is 36.6. The van der Waals surface area contributed by atoms with Gasteiger partial charge < -0.3 is 24.8 Å². The summed E-state index contributed by atoms with van der Waals surface area (Å²) in [6.45, 7) is 7.41. The smallest absolute Gasteiger partial charge is 0.335 e. The minimum atomic E-state index is -0.879.